The van der Waals surface area contributed by atoms with Gasteiger partial charge in [0.05, 0.1) is 18.1 Å². The highest BCUT2D eigenvalue weighted by atomic mass is 16.5. The second-order valence-electron chi connectivity index (χ2n) is 7.62. The molecule has 1 aromatic carbocycles. The number of carbonyl (C=O) groups excluding carboxylic acids is 1. The van der Waals surface area contributed by atoms with E-state index in [1.165, 1.54) is 5.56 Å². The number of benzene rings is 1. The number of nitrogens with zero attached hydrogens (tertiary/aromatic N) is 2. The van der Waals surface area contributed by atoms with Gasteiger partial charge >= 0.3 is 0 Å². The number of amides is 1. The first-order valence-electron chi connectivity index (χ1n) is 9.28. The first-order chi connectivity index (χ1) is 12.2. The quantitative estimate of drug-likeness (QED) is 0.896. The first kappa shape index (κ1) is 16.6. The molecule has 0 radical (unpaired) electrons. The summed E-state index contributed by atoms with van der Waals surface area (Å²) in [5, 5.41) is 12.9. The molecule has 0 aliphatic carbocycles. The van der Waals surface area contributed by atoms with E-state index in [1.807, 2.05) is 18.2 Å². The third kappa shape index (κ3) is 2.65. The molecule has 3 aliphatic rings. The molecule has 0 saturated carbocycles. The zero-order valence-corrected chi connectivity index (χ0v) is 14.5. The molecule has 3 heterocycles. The van der Waals surface area contributed by atoms with Gasteiger partial charge in [-0.3, -0.25) is 9.69 Å². The van der Waals surface area contributed by atoms with Crippen LogP contribution in [-0.4, -0.2) is 49.2 Å². The molecule has 1 aromatic rings. The molecular weight excluding hydrogens is 314 g/mol. The summed E-state index contributed by atoms with van der Waals surface area (Å²) in [6.07, 6.45) is 3.41. The predicted octanol–water partition coefficient (Wildman–Crippen LogP) is 2.05. The Morgan fingerprint density at radius 1 is 1.20 bits per heavy atom. The average molecular weight is 339 g/mol. The molecule has 25 heavy (non-hydrogen) atoms. The van der Waals surface area contributed by atoms with Crippen molar-refractivity contribution in [3.8, 4) is 6.07 Å². The minimum atomic E-state index is -0.503. The molecule has 2 unspecified atom stereocenters. The van der Waals surface area contributed by atoms with Crippen molar-refractivity contribution in [2.24, 2.45) is 5.41 Å². The lowest BCUT2D eigenvalue weighted by Gasteiger charge is -2.48. The topological polar surface area (TPSA) is 65.4 Å². The minimum absolute atomic E-state index is 0.187. The van der Waals surface area contributed by atoms with Gasteiger partial charge < -0.3 is 10.1 Å². The molecule has 5 heteroatoms. The number of likely N-dealkylation sites (tertiary alicyclic amines) is 1. The zero-order valence-electron chi connectivity index (χ0n) is 14.5. The number of rotatable bonds is 2. The Morgan fingerprint density at radius 3 is 2.60 bits per heavy atom. The molecule has 0 bridgehead atoms. The van der Waals surface area contributed by atoms with Crippen molar-refractivity contribution in [2.75, 3.05) is 32.8 Å². The second kappa shape index (κ2) is 6.44. The Hall–Kier alpha value is -1.90. The molecule has 4 rings (SSSR count). The van der Waals surface area contributed by atoms with Gasteiger partial charge in [-0.2, -0.15) is 5.26 Å². The highest BCUT2D eigenvalue weighted by molar-refractivity contribution is 5.86. The van der Waals surface area contributed by atoms with E-state index in [1.54, 1.807) is 0 Å². The SMILES string of the molecule is N#CC1(N2CCC3(CC2)C(=O)NCC3c2ccccc2)CCCOC1. The maximum Gasteiger partial charge on any atom is 0.227 e. The van der Waals surface area contributed by atoms with Crippen LogP contribution in [0.3, 0.4) is 0 Å². The van der Waals surface area contributed by atoms with E-state index >= 15 is 0 Å². The van der Waals surface area contributed by atoms with Crippen LogP contribution in [-0.2, 0) is 9.53 Å². The van der Waals surface area contributed by atoms with E-state index in [4.69, 9.17) is 4.74 Å². The van der Waals surface area contributed by atoms with Crippen molar-refractivity contribution in [1.82, 2.24) is 10.2 Å². The number of nitriles is 1. The van der Waals surface area contributed by atoms with Crippen molar-refractivity contribution in [3.05, 3.63) is 35.9 Å². The molecule has 1 N–H and O–H groups in total. The van der Waals surface area contributed by atoms with E-state index in [0.717, 1.165) is 51.9 Å². The molecule has 1 amide bonds. The number of ether oxygens (including phenoxy) is 1. The summed E-state index contributed by atoms with van der Waals surface area (Å²) >= 11 is 0. The molecule has 0 aromatic heterocycles. The van der Waals surface area contributed by atoms with E-state index in [-0.39, 0.29) is 17.2 Å². The van der Waals surface area contributed by atoms with Crippen LogP contribution in [0.25, 0.3) is 0 Å². The highest BCUT2D eigenvalue weighted by Gasteiger charge is 2.54. The van der Waals surface area contributed by atoms with Crippen LogP contribution in [0.5, 0.6) is 0 Å². The monoisotopic (exact) mass is 339 g/mol. The largest absolute Gasteiger partial charge is 0.378 e. The molecule has 5 nitrogen and oxygen atoms in total. The fourth-order valence-electron chi connectivity index (χ4n) is 4.94. The fourth-order valence-corrected chi connectivity index (χ4v) is 4.94. The van der Waals surface area contributed by atoms with Gasteiger partial charge in [-0.1, -0.05) is 30.3 Å². The summed E-state index contributed by atoms with van der Waals surface area (Å²) in [4.78, 5) is 15.0. The normalized spacial score (nSPS) is 32.3. The van der Waals surface area contributed by atoms with Crippen LogP contribution < -0.4 is 5.32 Å². The van der Waals surface area contributed by atoms with Crippen molar-refractivity contribution in [1.29, 1.82) is 5.26 Å². The zero-order chi connectivity index (χ0) is 17.3. The Kier molecular flexibility index (Phi) is 4.26. The molecule has 1 spiro atoms. The van der Waals surface area contributed by atoms with Crippen LogP contribution in [0.15, 0.2) is 30.3 Å². The molecule has 3 saturated heterocycles. The Balaban J connectivity index is 1.55. The standard InChI is InChI=1S/C20H25N3O2/c21-14-19(7-4-12-25-15-19)23-10-8-20(9-11-23)17(13-22-18(20)24)16-5-2-1-3-6-16/h1-3,5-6,17H,4,7-13,15H2,(H,22,24). The molecule has 132 valence electrons. The maximum absolute atomic E-state index is 12.7. The van der Waals surface area contributed by atoms with E-state index in [2.05, 4.69) is 28.4 Å². The van der Waals surface area contributed by atoms with Crippen molar-refractivity contribution in [2.45, 2.75) is 37.1 Å². The summed E-state index contributed by atoms with van der Waals surface area (Å²) in [5.74, 6) is 0.413. The number of carbonyl (C=O) groups is 1. The third-order valence-corrected chi connectivity index (χ3v) is 6.48. The van der Waals surface area contributed by atoms with Crippen LogP contribution >= 0.6 is 0 Å². The average Bonchev–Trinajstić information content (AvgIpc) is 2.99. The first-order valence-corrected chi connectivity index (χ1v) is 9.28. The minimum Gasteiger partial charge on any atom is -0.378 e. The maximum atomic E-state index is 12.7. The van der Waals surface area contributed by atoms with Gasteiger partial charge in [0, 0.05) is 32.2 Å². The van der Waals surface area contributed by atoms with E-state index < -0.39 is 5.54 Å². The summed E-state index contributed by atoms with van der Waals surface area (Å²) in [6.45, 7) is 3.53. The molecule has 2 atom stereocenters. The number of hydrogen-bond donors (Lipinski definition) is 1. The van der Waals surface area contributed by atoms with Gasteiger partial charge in [0.1, 0.15) is 5.54 Å². The molecular formula is C20H25N3O2. The van der Waals surface area contributed by atoms with Gasteiger partial charge in [0.15, 0.2) is 0 Å². The lowest BCUT2D eigenvalue weighted by Crippen LogP contribution is -2.58. The van der Waals surface area contributed by atoms with Gasteiger partial charge in [-0.25, -0.2) is 0 Å². The van der Waals surface area contributed by atoms with E-state index in [9.17, 15) is 10.1 Å². The fraction of sp³-hybridized carbons (Fsp3) is 0.600. The van der Waals surface area contributed by atoms with Crippen LogP contribution in [0, 0.1) is 16.7 Å². The van der Waals surface area contributed by atoms with Crippen molar-refractivity contribution < 1.29 is 9.53 Å². The van der Waals surface area contributed by atoms with Crippen LogP contribution in [0.1, 0.15) is 37.2 Å². The Morgan fingerprint density at radius 2 is 1.96 bits per heavy atom. The van der Waals surface area contributed by atoms with Gasteiger partial charge in [0.25, 0.3) is 0 Å². The lowest BCUT2D eigenvalue weighted by molar-refractivity contribution is -0.132. The van der Waals surface area contributed by atoms with Crippen molar-refractivity contribution in [3.63, 3.8) is 0 Å². The predicted molar refractivity (Wildman–Crippen MR) is 93.8 cm³/mol. The molecule has 3 fully saturated rings. The summed E-state index contributed by atoms with van der Waals surface area (Å²) < 4.78 is 5.61. The third-order valence-electron chi connectivity index (χ3n) is 6.48. The number of piperidine rings is 1. The second-order valence-corrected chi connectivity index (χ2v) is 7.62. The van der Waals surface area contributed by atoms with Gasteiger partial charge in [-0.15, -0.1) is 0 Å². The van der Waals surface area contributed by atoms with Crippen molar-refractivity contribution >= 4 is 5.91 Å². The van der Waals surface area contributed by atoms with Gasteiger partial charge in [0.2, 0.25) is 5.91 Å². The van der Waals surface area contributed by atoms with Crippen LogP contribution in [0.4, 0.5) is 0 Å². The van der Waals surface area contributed by atoms with E-state index in [0.29, 0.717) is 6.61 Å². The smallest absolute Gasteiger partial charge is 0.227 e. The summed E-state index contributed by atoms with van der Waals surface area (Å²) in [6, 6.07) is 12.9. The van der Waals surface area contributed by atoms with Crippen LogP contribution in [0.2, 0.25) is 0 Å². The van der Waals surface area contributed by atoms with Gasteiger partial charge in [-0.05, 0) is 31.2 Å². The lowest BCUT2D eigenvalue weighted by atomic mass is 9.67. The summed E-state index contributed by atoms with van der Waals surface area (Å²) in [7, 11) is 0. The highest BCUT2D eigenvalue weighted by Crippen LogP contribution is 2.48. The number of hydrogen-bond acceptors (Lipinski definition) is 4. The Labute approximate surface area is 149 Å². The number of nitrogens with one attached hydrogen (secondary N) is 1. The Bertz CT molecular complexity index is 668. The molecule has 3 aliphatic heterocycles. The summed E-state index contributed by atoms with van der Waals surface area (Å²) in [5.41, 5.74) is 0.409.